The highest BCUT2D eigenvalue weighted by atomic mass is 79.9. The molecule has 1 amide bonds. The van der Waals surface area contributed by atoms with Gasteiger partial charge >= 0.3 is 0 Å². The van der Waals surface area contributed by atoms with Crippen molar-refractivity contribution < 1.29 is 9.21 Å². The molecule has 0 aliphatic carbocycles. The van der Waals surface area contributed by atoms with Gasteiger partial charge in [-0.15, -0.1) is 0 Å². The average molecular weight is 302 g/mol. The predicted molar refractivity (Wildman–Crippen MR) is 72.1 cm³/mol. The van der Waals surface area contributed by atoms with Crippen LogP contribution in [0.4, 0.5) is 0 Å². The second kappa shape index (κ2) is 6.84. The standard InChI is InChI=1S/C13H20BrNO2/c1-4-10(5-2)9-15(6-3)13(16)11-7-8-17-12(11)14/h7-8,10H,4-6,9H2,1-3H3. The Balaban J connectivity index is 2.74. The number of furan rings is 1. The normalized spacial score (nSPS) is 10.9. The molecule has 0 radical (unpaired) electrons. The molecule has 0 saturated carbocycles. The van der Waals surface area contributed by atoms with Crippen LogP contribution in [0.1, 0.15) is 44.0 Å². The molecule has 17 heavy (non-hydrogen) atoms. The van der Waals surface area contributed by atoms with E-state index in [4.69, 9.17) is 4.42 Å². The van der Waals surface area contributed by atoms with Crippen molar-refractivity contribution in [1.29, 1.82) is 0 Å². The molecular formula is C13H20BrNO2. The molecule has 0 spiro atoms. The molecule has 4 heteroatoms. The molecular weight excluding hydrogens is 282 g/mol. The van der Waals surface area contributed by atoms with Crippen molar-refractivity contribution in [3.8, 4) is 0 Å². The first-order valence-electron chi connectivity index (χ1n) is 6.16. The summed E-state index contributed by atoms with van der Waals surface area (Å²) >= 11 is 3.25. The van der Waals surface area contributed by atoms with Crippen LogP contribution in [0.5, 0.6) is 0 Å². The van der Waals surface area contributed by atoms with Crippen LogP contribution in [0, 0.1) is 5.92 Å². The van der Waals surface area contributed by atoms with Crippen LogP contribution in [0.3, 0.4) is 0 Å². The minimum Gasteiger partial charge on any atom is -0.457 e. The Morgan fingerprint density at radius 1 is 1.41 bits per heavy atom. The quantitative estimate of drug-likeness (QED) is 0.797. The molecule has 1 aromatic rings. The summed E-state index contributed by atoms with van der Waals surface area (Å²) in [5, 5.41) is 0. The van der Waals surface area contributed by atoms with E-state index in [1.165, 1.54) is 6.26 Å². The lowest BCUT2D eigenvalue weighted by Crippen LogP contribution is -2.35. The Labute approximate surface area is 111 Å². The number of halogens is 1. The first-order valence-corrected chi connectivity index (χ1v) is 6.95. The number of hydrogen-bond acceptors (Lipinski definition) is 2. The lowest BCUT2D eigenvalue weighted by molar-refractivity contribution is 0.0733. The summed E-state index contributed by atoms with van der Waals surface area (Å²) in [5.41, 5.74) is 0.609. The summed E-state index contributed by atoms with van der Waals surface area (Å²) in [5.74, 6) is 0.615. The Kier molecular flexibility index (Phi) is 5.75. The van der Waals surface area contributed by atoms with Crippen LogP contribution in [0.2, 0.25) is 0 Å². The molecule has 1 heterocycles. The Bertz CT molecular complexity index is 358. The van der Waals surface area contributed by atoms with E-state index in [1.54, 1.807) is 6.07 Å². The van der Waals surface area contributed by atoms with Crippen molar-refractivity contribution in [3.05, 3.63) is 22.6 Å². The van der Waals surface area contributed by atoms with Crippen molar-refractivity contribution in [2.75, 3.05) is 13.1 Å². The molecule has 1 rings (SSSR count). The lowest BCUT2D eigenvalue weighted by Gasteiger charge is -2.25. The molecule has 0 atom stereocenters. The van der Waals surface area contributed by atoms with Gasteiger partial charge in [0.05, 0.1) is 11.8 Å². The third-order valence-corrected chi connectivity index (χ3v) is 3.76. The second-order valence-corrected chi connectivity index (χ2v) is 4.85. The van der Waals surface area contributed by atoms with Crippen molar-refractivity contribution in [3.63, 3.8) is 0 Å². The third kappa shape index (κ3) is 3.60. The minimum absolute atomic E-state index is 0.0417. The number of carbonyl (C=O) groups excluding carboxylic acids is 1. The van der Waals surface area contributed by atoms with Gasteiger partial charge in [0.25, 0.3) is 5.91 Å². The molecule has 0 fully saturated rings. The molecule has 0 aliphatic rings. The maximum absolute atomic E-state index is 12.3. The van der Waals surface area contributed by atoms with Gasteiger partial charge < -0.3 is 9.32 Å². The summed E-state index contributed by atoms with van der Waals surface area (Å²) in [7, 11) is 0. The molecule has 1 aromatic heterocycles. The van der Waals surface area contributed by atoms with Gasteiger partial charge in [-0.3, -0.25) is 4.79 Å². The van der Waals surface area contributed by atoms with E-state index in [0.29, 0.717) is 16.2 Å². The van der Waals surface area contributed by atoms with Crippen LogP contribution in [-0.2, 0) is 0 Å². The summed E-state index contributed by atoms with van der Waals surface area (Å²) < 4.78 is 5.63. The van der Waals surface area contributed by atoms with Gasteiger partial charge in [0.2, 0.25) is 0 Å². The van der Waals surface area contributed by atoms with E-state index in [2.05, 4.69) is 29.8 Å². The molecule has 96 valence electrons. The average Bonchev–Trinajstić information content (AvgIpc) is 2.76. The summed E-state index contributed by atoms with van der Waals surface area (Å²) in [6, 6.07) is 1.71. The molecule has 0 N–H and O–H groups in total. The van der Waals surface area contributed by atoms with E-state index in [-0.39, 0.29) is 5.91 Å². The third-order valence-electron chi connectivity index (χ3n) is 3.15. The molecule has 0 bridgehead atoms. The Hall–Kier alpha value is -0.770. The molecule has 3 nitrogen and oxygen atoms in total. The number of hydrogen-bond donors (Lipinski definition) is 0. The van der Waals surface area contributed by atoms with E-state index in [9.17, 15) is 4.79 Å². The zero-order valence-electron chi connectivity index (χ0n) is 10.7. The largest absolute Gasteiger partial charge is 0.457 e. The zero-order chi connectivity index (χ0) is 12.8. The highest BCUT2D eigenvalue weighted by Gasteiger charge is 2.20. The zero-order valence-corrected chi connectivity index (χ0v) is 12.3. The first-order chi connectivity index (χ1) is 8.13. The Morgan fingerprint density at radius 3 is 2.47 bits per heavy atom. The van der Waals surface area contributed by atoms with Crippen LogP contribution in [0.25, 0.3) is 0 Å². The van der Waals surface area contributed by atoms with Gasteiger partial charge in [-0.1, -0.05) is 26.7 Å². The van der Waals surface area contributed by atoms with Gasteiger partial charge in [-0.05, 0) is 34.8 Å². The van der Waals surface area contributed by atoms with Gasteiger partial charge in [-0.2, -0.15) is 0 Å². The number of rotatable bonds is 6. The van der Waals surface area contributed by atoms with Crippen molar-refractivity contribution in [1.82, 2.24) is 4.90 Å². The van der Waals surface area contributed by atoms with Crippen molar-refractivity contribution in [2.45, 2.75) is 33.6 Å². The molecule has 0 unspecified atom stereocenters. The second-order valence-electron chi connectivity index (χ2n) is 4.13. The fourth-order valence-electron chi connectivity index (χ4n) is 1.83. The summed E-state index contributed by atoms with van der Waals surface area (Å²) in [6.45, 7) is 7.89. The van der Waals surface area contributed by atoms with Gasteiger partial charge in [-0.25, -0.2) is 0 Å². The molecule has 0 aromatic carbocycles. The predicted octanol–water partition coefficient (Wildman–Crippen LogP) is 3.94. The highest BCUT2D eigenvalue weighted by Crippen LogP contribution is 2.20. The van der Waals surface area contributed by atoms with E-state index < -0.39 is 0 Å². The van der Waals surface area contributed by atoms with Crippen LogP contribution in [0.15, 0.2) is 21.4 Å². The van der Waals surface area contributed by atoms with Crippen LogP contribution >= 0.6 is 15.9 Å². The van der Waals surface area contributed by atoms with Crippen molar-refractivity contribution in [2.24, 2.45) is 5.92 Å². The topological polar surface area (TPSA) is 33.5 Å². The minimum atomic E-state index is 0.0417. The maximum atomic E-state index is 12.3. The number of amides is 1. The van der Waals surface area contributed by atoms with Crippen LogP contribution in [-0.4, -0.2) is 23.9 Å². The summed E-state index contributed by atoms with van der Waals surface area (Å²) in [6.07, 6.45) is 3.74. The van der Waals surface area contributed by atoms with E-state index in [0.717, 1.165) is 25.9 Å². The molecule has 0 aliphatic heterocycles. The monoisotopic (exact) mass is 301 g/mol. The van der Waals surface area contributed by atoms with Gasteiger partial charge in [0.15, 0.2) is 4.67 Å². The fourth-order valence-corrected chi connectivity index (χ4v) is 2.24. The van der Waals surface area contributed by atoms with E-state index in [1.807, 2.05) is 11.8 Å². The smallest absolute Gasteiger partial charge is 0.258 e. The van der Waals surface area contributed by atoms with Crippen molar-refractivity contribution >= 4 is 21.8 Å². The lowest BCUT2D eigenvalue weighted by atomic mass is 10.0. The first kappa shape index (κ1) is 14.3. The SMILES string of the molecule is CCC(CC)CN(CC)C(=O)c1ccoc1Br. The van der Waals surface area contributed by atoms with Gasteiger partial charge in [0, 0.05) is 13.1 Å². The van der Waals surface area contributed by atoms with E-state index >= 15 is 0 Å². The maximum Gasteiger partial charge on any atom is 0.258 e. The highest BCUT2D eigenvalue weighted by molar-refractivity contribution is 9.10. The van der Waals surface area contributed by atoms with Gasteiger partial charge in [0.1, 0.15) is 0 Å². The number of carbonyl (C=O) groups is 1. The Morgan fingerprint density at radius 2 is 2.06 bits per heavy atom. The summed E-state index contributed by atoms with van der Waals surface area (Å²) in [4.78, 5) is 14.1. The van der Waals surface area contributed by atoms with Crippen LogP contribution < -0.4 is 0 Å². The fraction of sp³-hybridized carbons (Fsp3) is 0.615. The molecule has 0 saturated heterocycles. The number of nitrogens with zero attached hydrogens (tertiary/aromatic N) is 1.